The normalized spacial score (nSPS) is 25.1. The van der Waals surface area contributed by atoms with Crippen LogP contribution < -0.4 is 15.4 Å². The number of aliphatic hydroxyl groups is 1. The third-order valence-electron chi connectivity index (χ3n) is 9.60. The highest BCUT2D eigenvalue weighted by Crippen LogP contribution is 2.48. The highest BCUT2D eigenvalue weighted by atomic mass is 32.1. The smallest absolute Gasteiger partial charge is 0.417 e. The lowest BCUT2D eigenvalue weighted by atomic mass is 9.92. The van der Waals surface area contributed by atoms with Gasteiger partial charge in [-0.1, -0.05) is 6.07 Å². The Bertz CT molecular complexity index is 1960. The molecule has 0 radical (unpaired) electrons. The number of rotatable bonds is 5. The minimum Gasteiger partial charge on any atom is -0.461 e. The van der Waals surface area contributed by atoms with E-state index < -0.39 is 51.8 Å². The lowest BCUT2D eigenvalue weighted by Crippen LogP contribution is -2.46. The Morgan fingerprint density at radius 3 is 2.68 bits per heavy atom. The Labute approximate surface area is 269 Å². The molecule has 0 saturated carbocycles. The van der Waals surface area contributed by atoms with Crippen LogP contribution in [0.3, 0.4) is 0 Å². The van der Waals surface area contributed by atoms with Gasteiger partial charge < -0.3 is 20.5 Å². The van der Waals surface area contributed by atoms with E-state index in [4.69, 9.17) is 10.5 Å². The van der Waals surface area contributed by atoms with Crippen LogP contribution in [0.2, 0.25) is 0 Å². The number of anilines is 2. The maximum atomic E-state index is 16.9. The van der Waals surface area contributed by atoms with Crippen molar-refractivity contribution in [2.45, 2.75) is 62.5 Å². The fraction of sp³-hybridized carbons (Fsp3) is 0.469. The zero-order valence-corrected chi connectivity index (χ0v) is 26.0. The summed E-state index contributed by atoms with van der Waals surface area (Å²) in [7, 11) is 0. The van der Waals surface area contributed by atoms with E-state index in [0.717, 1.165) is 24.6 Å². The largest absolute Gasteiger partial charge is 0.461 e. The van der Waals surface area contributed by atoms with E-state index in [2.05, 4.69) is 9.97 Å². The molecule has 3 saturated heterocycles. The average molecular weight is 677 g/mol. The second-order valence-corrected chi connectivity index (χ2v) is 14.0. The number of piperidine rings is 1. The van der Waals surface area contributed by atoms with Gasteiger partial charge in [-0.2, -0.15) is 28.4 Å². The van der Waals surface area contributed by atoms with Crippen LogP contribution in [0, 0.1) is 23.0 Å². The van der Waals surface area contributed by atoms with Crippen LogP contribution in [0.1, 0.15) is 50.2 Å². The molecule has 3 unspecified atom stereocenters. The molecular weight excluding hydrogens is 646 g/mol. The van der Waals surface area contributed by atoms with Gasteiger partial charge in [0.25, 0.3) is 0 Å². The zero-order chi connectivity index (χ0) is 33.5. The monoisotopic (exact) mass is 676 g/mol. The number of ether oxygens (including phenoxy) is 1. The molecular formula is C32H30F6N6O2S. The predicted octanol–water partition coefficient (Wildman–Crippen LogP) is 6.57. The molecule has 4 aromatic rings. The summed E-state index contributed by atoms with van der Waals surface area (Å²) < 4.78 is 96.6. The first kappa shape index (κ1) is 31.7. The summed E-state index contributed by atoms with van der Waals surface area (Å²) in [5.41, 5.74) is 0.682. The molecule has 0 spiro atoms. The van der Waals surface area contributed by atoms with Crippen molar-refractivity contribution in [3.05, 3.63) is 41.0 Å². The molecule has 8 nitrogen and oxygen atoms in total. The highest BCUT2D eigenvalue weighted by molar-refractivity contribution is 7.23. The Kier molecular flexibility index (Phi) is 7.49. The number of benzene rings is 2. The molecule has 3 fully saturated rings. The van der Waals surface area contributed by atoms with E-state index in [0.29, 0.717) is 43.7 Å². The van der Waals surface area contributed by atoms with Gasteiger partial charge in [0.15, 0.2) is 5.82 Å². The summed E-state index contributed by atoms with van der Waals surface area (Å²) in [5.74, 6) is -2.26. The number of β-amino-alcohol motifs (C(OH)–C–C–N with tert-alkyl or cyclic N) is 1. The standard InChI is InChI=1S/C32H30F6N6O2S/c1-30(45)6-2-8-43(14-30)28-18-10-20(32(36,37)38)23(17-4-5-21(34)26-22(17)19(12-39)27(40)47-26)24(35)25(18)41-29(42-28)46-15-31-7-3-9-44(31)13-16(33)11-31/h4-5,10,16,45H,2-3,6-9,11,13-15,40H2,1H3. The number of halogens is 6. The molecule has 0 amide bonds. The number of nitriles is 1. The minimum absolute atomic E-state index is 0.00279. The van der Waals surface area contributed by atoms with Gasteiger partial charge in [0, 0.05) is 42.4 Å². The SMILES string of the molecule is CC1(O)CCCN(c2nc(OCC34CCCN3CC(F)C4)nc3c(F)c(-c4ccc(F)c5sc(N)c(C#N)c45)c(C(F)(F)F)cc23)C1. The molecule has 3 atom stereocenters. The fourth-order valence-corrected chi connectivity index (χ4v) is 8.49. The Morgan fingerprint density at radius 2 is 1.96 bits per heavy atom. The van der Waals surface area contributed by atoms with Crippen LogP contribution in [0.25, 0.3) is 32.1 Å². The third kappa shape index (κ3) is 5.30. The number of hydrogen-bond donors (Lipinski definition) is 2. The van der Waals surface area contributed by atoms with Crippen LogP contribution in [0.4, 0.5) is 37.2 Å². The van der Waals surface area contributed by atoms with Crippen molar-refractivity contribution in [2.24, 2.45) is 0 Å². The molecule has 0 bridgehead atoms. The van der Waals surface area contributed by atoms with Gasteiger partial charge in [0.1, 0.15) is 41.0 Å². The van der Waals surface area contributed by atoms with Crippen molar-refractivity contribution >= 4 is 43.1 Å². The maximum Gasteiger partial charge on any atom is 0.417 e. The molecule has 7 rings (SSSR count). The summed E-state index contributed by atoms with van der Waals surface area (Å²) in [6.07, 6.45) is -3.47. The predicted molar refractivity (Wildman–Crippen MR) is 165 cm³/mol. The van der Waals surface area contributed by atoms with Crippen molar-refractivity contribution in [3.63, 3.8) is 0 Å². The summed E-state index contributed by atoms with van der Waals surface area (Å²) in [5, 5.41) is 20.0. The highest BCUT2D eigenvalue weighted by Gasteiger charge is 2.49. The number of alkyl halides is 4. The van der Waals surface area contributed by atoms with Gasteiger partial charge in [-0.25, -0.2) is 13.2 Å². The number of fused-ring (bicyclic) bond motifs is 3. The topological polar surface area (TPSA) is 112 Å². The van der Waals surface area contributed by atoms with E-state index in [9.17, 15) is 32.3 Å². The number of nitrogen functional groups attached to an aromatic ring is 1. The van der Waals surface area contributed by atoms with Crippen LogP contribution in [-0.2, 0) is 6.18 Å². The van der Waals surface area contributed by atoms with Crippen LogP contribution >= 0.6 is 11.3 Å². The first-order valence-electron chi connectivity index (χ1n) is 15.2. The quantitative estimate of drug-likeness (QED) is 0.229. The van der Waals surface area contributed by atoms with Crippen molar-refractivity contribution in [3.8, 4) is 23.2 Å². The molecule has 3 aliphatic rings. The summed E-state index contributed by atoms with van der Waals surface area (Å²) in [6, 6.07) is 4.14. The molecule has 15 heteroatoms. The third-order valence-corrected chi connectivity index (χ3v) is 10.6. The lowest BCUT2D eigenvalue weighted by Gasteiger charge is -2.38. The Morgan fingerprint density at radius 1 is 1.19 bits per heavy atom. The summed E-state index contributed by atoms with van der Waals surface area (Å²) in [4.78, 5) is 12.3. The fourth-order valence-electron chi connectivity index (χ4n) is 7.54. The van der Waals surface area contributed by atoms with Crippen LogP contribution in [0.15, 0.2) is 18.2 Å². The number of nitrogens with two attached hydrogens (primary N) is 1. The first-order chi connectivity index (χ1) is 22.2. The van der Waals surface area contributed by atoms with Gasteiger partial charge in [-0.15, -0.1) is 11.3 Å². The number of hydrogen-bond acceptors (Lipinski definition) is 9. The van der Waals surface area contributed by atoms with E-state index in [1.165, 1.54) is 0 Å². The van der Waals surface area contributed by atoms with E-state index in [1.807, 2.05) is 11.0 Å². The van der Waals surface area contributed by atoms with Gasteiger partial charge in [0.2, 0.25) is 0 Å². The summed E-state index contributed by atoms with van der Waals surface area (Å²) in [6.45, 7) is 2.86. The minimum atomic E-state index is -5.10. The number of nitrogens with zero attached hydrogens (tertiary/aromatic N) is 5. The second-order valence-electron chi connectivity index (χ2n) is 13.0. The van der Waals surface area contributed by atoms with E-state index in [-0.39, 0.29) is 69.5 Å². The van der Waals surface area contributed by atoms with Crippen molar-refractivity contribution in [2.75, 3.05) is 43.4 Å². The second kappa shape index (κ2) is 11.1. The Hall–Kier alpha value is -3.87. The zero-order valence-electron chi connectivity index (χ0n) is 25.2. The van der Waals surface area contributed by atoms with Gasteiger partial charge in [0.05, 0.1) is 27.0 Å². The van der Waals surface area contributed by atoms with Crippen molar-refractivity contribution < 1.29 is 36.2 Å². The van der Waals surface area contributed by atoms with Crippen molar-refractivity contribution in [1.82, 2.24) is 14.9 Å². The number of thiophene rings is 1. The maximum absolute atomic E-state index is 16.9. The van der Waals surface area contributed by atoms with Crippen molar-refractivity contribution in [1.29, 1.82) is 5.26 Å². The van der Waals surface area contributed by atoms with E-state index in [1.54, 1.807) is 11.8 Å². The average Bonchev–Trinajstić information content (AvgIpc) is 3.64. The molecule has 2 aromatic carbocycles. The van der Waals surface area contributed by atoms with E-state index >= 15 is 4.39 Å². The van der Waals surface area contributed by atoms with Crippen LogP contribution in [-0.4, -0.2) is 70.1 Å². The van der Waals surface area contributed by atoms with Gasteiger partial charge in [-0.3, -0.25) is 4.90 Å². The lowest BCUT2D eigenvalue weighted by molar-refractivity contribution is -0.137. The molecule has 3 aliphatic heterocycles. The number of aromatic nitrogens is 2. The molecule has 248 valence electrons. The van der Waals surface area contributed by atoms with Crippen LogP contribution in [0.5, 0.6) is 6.01 Å². The Balaban J connectivity index is 1.46. The molecule has 3 N–H and O–H groups in total. The van der Waals surface area contributed by atoms with Gasteiger partial charge in [-0.05, 0) is 56.8 Å². The van der Waals surface area contributed by atoms with Gasteiger partial charge >= 0.3 is 12.2 Å². The molecule has 0 aliphatic carbocycles. The molecule has 47 heavy (non-hydrogen) atoms. The molecule has 5 heterocycles. The molecule has 2 aromatic heterocycles. The first-order valence-corrected chi connectivity index (χ1v) is 16.0. The summed E-state index contributed by atoms with van der Waals surface area (Å²) >= 11 is 0.681.